The fourth-order valence-electron chi connectivity index (χ4n) is 3.30. The van der Waals surface area contributed by atoms with Crippen molar-refractivity contribution in [2.75, 3.05) is 13.1 Å². The van der Waals surface area contributed by atoms with E-state index in [0.29, 0.717) is 12.3 Å². The van der Waals surface area contributed by atoms with Crippen LogP contribution in [0, 0.1) is 5.92 Å². The molecule has 0 aliphatic carbocycles. The summed E-state index contributed by atoms with van der Waals surface area (Å²) in [5.41, 5.74) is 0.855. The van der Waals surface area contributed by atoms with Crippen LogP contribution in [0.4, 0.5) is 0 Å². The van der Waals surface area contributed by atoms with Gasteiger partial charge in [0.2, 0.25) is 5.91 Å². The van der Waals surface area contributed by atoms with Crippen LogP contribution in [-0.2, 0) is 10.3 Å². The molecule has 5 heteroatoms. The number of amides is 1. The molecule has 1 atom stereocenters. The van der Waals surface area contributed by atoms with Crippen LogP contribution in [0.15, 0.2) is 24.3 Å². The number of nitrogens with one attached hydrogen (secondary N) is 2. The van der Waals surface area contributed by atoms with Crippen molar-refractivity contribution >= 4 is 29.9 Å². The van der Waals surface area contributed by atoms with Gasteiger partial charge in [-0.15, -0.1) is 12.4 Å². The molecular formula is C18H28Cl2N2O. The summed E-state index contributed by atoms with van der Waals surface area (Å²) >= 11 is 5.98. The zero-order valence-corrected chi connectivity index (χ0v) is 15.6. The lowest BCUT2D eigenvalue weighted by Gasteiger charge is -2.34. The molecule has 130 valence electrons. The third kappa shape index (κ3) is 5.37. The Kier molecular flexibility index (Phi) is 8.38. The zero-order chi connectivity index (χ0) is 16.0. The van der Waals surface area contributed by atoms with Gasteiger partial charge in [0.1, 0.15) is 0 Å². The molecule has 0 spiro atoms. The molecule has 1 aliphatic heterocycles. The molecule has 1 unspecified atom stereocenters. The summed E-state index contributed by atoms with van der Waals surface area (Å²) in [6.07, 6.45) is 4.53. The Morgan fingerprint density at radius 1 is 1.30 bits per heavy atom. The third-order valence-electron chi connectivity index (χ3n) is 4.92. The Morgan fingerprint density at radius 3 is 2.48 bits per heavy atom. The highest BCUT2D eigenvalue weighted by Gasteiger charge is 2.30. The van der Waals surface area contributed by atoms with E-state index in [9.17, 15) is 4.79 Å². The van der Waals surface area contributed by atoms with Crippen molar-refractivity contribution < 1.29 is 4.79 Å². The SMILES string of the molecule is CCC(CC)(NC(=O)CCC1CCNC1)c1ccc(Cl)cc1.Cl. The molecule has 2 N–H and O–H groups in total. The van der Waals surface area contributed by atoms with Crippen LogP contribution in [0.25, 0.3) is 0 Å². The monoisotopic (exact) mass is 358 g/mol. The summed E-state index contributed by atoms with van der Waals surface area (Å²) < 4.78 is 0. The Labute approximate surface area is 151 Å². The van der Waals surface area contributed by atoms with E-state index in [1.807, 2.05) is 24.3 Å². The number of hydrogen-bond acceptors (Lipinski definition) is 2. The van der Waals surface area contributed by atoms with E-state index in [1.54, 1.807) is 0 Å². The minimum Gasteiger partial charge on any atom is -0.347 e. The summed E-state index contributed by atoms with van der Waals surface area (Å²) in [6, 6.07) is 7.84. The molecular weight excluding hydrogens is 331 g/mol. The van der Waals surface area contributed by atoms with Gasteiger partial charge >= 0.3 is 0 Å². The van der Waals surface area contributed by atoms with Crippen LogP contribution in [0.3, 0.4) is 0 Å². The van der Waals surface area contributed by atoms with Crippen molar-refractivity contribution in [1.82, 2.24) is 10.6 Å². The molecule has 23 heavy (non-hydrogen) atoms. The first-order chi connectivity index (χ1) is 10.6. The van der Waals surface area contributed by atoms with Crippen LogP contribution < -0.4 is 10.6 Å². The maximum absolute atomic E-state index is 12.4. The smallest absolute Gasteiger partial charge is 0.220 e. The molecule has 2 rings (SSSR count). The fraction of sp³-hybridized carbons (Fsp3) is 0.611. The second-order valence-electron chi connectivity index (χ2n) is 6.24. The Hall–Kier alpha value is -0.770. The Balaban J connectivity index is 0.00000264. The second kappa shape index (κ2) is 9.51. The Morgan fingerprint density at radius 2 is 1.96 bits per heavy atom. The molecule has 0 saturated carbocycles. The second-order valence-corrected chi connectivity index (χ2v) is 6.68. The number of rotatable bonds is 7. The van der Waals surface area contributed by atoms with Gasteiger partial charge in [-0.1, -0.05) is 37.6 Å². The van der Waals surface area contributed by atoms with Crippen molar-refractivity contribution in [2.45, 2.75) is 51.5 Å². The summed E-state index contributed by atoms with van der Waals surface area (Å²) in [5, 5.41) is 7.37. The van der Waals surface area contributed by atoms with Crippen LogP contribution in [-0.4, -0.2) is 19.0 Å². The number of hydrogen-bond donors (Lipinski definition) is 2. The summed E-state index contributed by atoms with van der Waals surface area (Å²) in [7, 11) is 0. The minimum atomic E-state index is -0.282. The minimum absolute atomic E-state index is 0. The number of carbonyl (C=O) groups excluding carboxylic acids is 1. The van der Waals surface area contributed by atoms with E-state index in [0.717, 1.165) is 42.9 Å². The van der Waals surface area contributed by atoms with Gasteiger partial charge in [0, 0.05) is 11.4 Å². The predicted molar refractivity (Wildman–Crippen MR) is 99.3 cm³/mol. The highest BCUT2D eigenvalue weighted by atomic mass is 35.5. The van der Waals surface area contributed by atoms with E-state index in [4.69, 9.17) is 11.6 Å². The first-order valence-electron chi connectivity index (χ1n) is 8.37. The maximum Gasteiger partial charge on any atom is 0.220 e. The molecule has 3 nitrogen and oxygen atoms in total. The fourth-order valence-corrected chi connectivity index (χ4v) is 3.43. The molecule has 1 amide bonds. The molecule has 1 aliphatic rings. The van der Waals surface area contributed by atoms with E-state index in [-0.39, 0.29) is 23.9 Å². The van der Waals surface area contributed by atoms with Crippen molar-refractivity contribution in [1.29, 1.82) is 0 Å². The molecule has 1 heterocycles. The zero-order valence-electron chi connectivity index (χ0n) is 14.0. The standard InChI is InChI=1S/C18H27ClN2O.ClH/c1-3-18(4-2,15-6-8-16(19)9-7-15)21-17(22)10-5-14-11-12-20-13-14;/h6-9,14,20H,3-5,10-13H2,1-2H3,(H,21,22);1H. The van der Waals surface area contributed by atoms with Crippen molar-refractivity contribution in [2.24, 2.45) is 5.92 Å². The Bertz CT molecular complexity index is 480. The molecule has 1 aromatic rings. The van der Waals surface area contributed by atoms with Gasteiger partial charge in [0.15, 0.2) is 0 Å². The highest BCUT2D eigenvalue weighted by molar-refractivity contribution is 6.30. The van der Waals surface area contributed by atoms with Crippen LogP contribution >= 0.6 is 24.0 Å². The normalized spacial score (nSPS) is 17.6. The lowest BCUT2D eigenvalue weighted by molar-refractivity contribution is -0.123. The largest absolute Gasteiger partial charge is 0.347 e. The lowest BCUT2D eigenvalue weighted by Crippen LogP contribution is -2.45. The first-order valence-corrected chi connectivity index (χ1v) is 8.75. The molecule has 0 bridgehead atoms. The summed E-state index contributed by atoms with van der Waals surface area (Å²) in [5.74, 6) is 0.810. The number of benzene rings is 1. The van der Waals surface area contributed by atoms with E-state index < -0.39 is 0 Å². The number of halogens is 2. The van der Waals surface area contributed by atoms with Crippen LogP contribution in [0.2, 0.25) is 5.02 Å². The van der Waals surface area contributed by atoms with Crippen molar-refractivity contribution in [3.63, 3.8) is 0 Å². The summed E-state index contributed by atoms with van der Waals surface area (Å²) in [4.78, 5) is 12.4. The topological polar surface area (TPSA) is 41.1 Å². The van der Waals surface area contributed by atoms with Gasteiger partial charge in [0.25, 0.3) is 0 Å². The van der Waals surface area contributed by atoms with E-state index >= 15 is 0 Å². The van der Waals surface area contributed by atoms with Gasteiger partial charge in [-0.05, 0) is 62.4 Å². The van der Waals surface area contributed by atoms with E-state index in [1.165, 1.54) is 6.42 Å². The predicted octanol–water partition coefficient (Wildman–Crippen LogP) is 4.28. The van der Waals surface area contributed by atoms with Gasteiger partial charge in [-0.3, -0.25) is 4.79 Å². The molecule has 1 fully saturated rings. The first kappa shape index (κ1) is 20.3. The molecule has 0 aromatic heterocycles. The molecule has 1 saturated heterocycles. The van der Waals surface area contributed by atoms with Gasteiger partial charge in [0.05, 0.1) is 5.54 Å². The quantitative estimate of drug-likeness (QED) is 0.763. The van der Waals surface area contributed by atoms with Gasteiger partial charge < -0.3 is 10.6 Å². The van der Waals surface area contributed by atoms with Gasteiger partial charge in [-0.2, -0.15) is 0 Å². The molecule has 0 radical (unpaired) electrons. The third-order valence-corrected chi connectivity index (χ3v) is 5.18. The average Bonchev–Trinajstić information content (AvgIpc) is 3.05. The van der Waals surface area contributed by atoms with Crippen LogP contribution in [0.5, 0.6) is 0 Å². The van der Waals surface area contributed by atoms with Crippen molar-refractivity contribution in [3.8, 4) is 0 Å². The summed E-state index contributed by atoms with van der Waals surface area (Å²) in [6.45, 7) is 6.39. The lowest BCUT2D eigenvalue weighted by atomic mass is 9.84. The van der Waals surface area contributed by atoms with Gasteiger partial charge in [-0.25, -0.2) is 0 Å². The number of carbonyl (C=O) groups is 1. The van der Waals surface area contributed by atoms with Crippen LogP contribution in [0.1, 0.15) is 51.5 Å². The molecule has 1 aromatic carbocycles. The maximum atomic E-state index is 12.4. The highest BCUT2D eigenvalue weighted by Crippen LogP contribution is 2.30. The van der Waals surface area contributed by atoms with Crippen molar-refractivity contribution in [3.05, 3.63) is 34.9 Å². The average molecular weight is 359 g/mol. The van der Waals surface area contributed by atoms with E-state index in [2.05, 4.69) is 24.5 Å².